The van der Waals surface area contributed by atoms with Crippen LogP contribution in [0.5, 0.6) is 0 Å². The number of unbranched alkanes of at least 4 members (excludes halogenated alkanes) is 28. The first-order valence-corrected chi connectivity index (χ1v) is 27.9. The number of allylic oxidation sites excluding steroid dienone is 6. The highest BCUT2D eigenvalue weighted by Gasteiger charge is 2.26. The van der Waals surface area contributed by atoms with Crippen molar-refractivity contribution in [2.45, 2.75) is 238 Å². The van der Waals surface area contributed by atoms with Crippen LogP contribution in [0.1, 0.15) is 232 Å². The van der Waals surface area contributed by atoms with Crippen LogP contribution in [0.25, 0.3) is 0 Å². The summed E-state index contributed by atoms with van der Waals surface area (Å²) >= 11 is 0. The molecule has 0 saturated carbocycles. The summed E-state index contributed by atoms with van der Waals surface area (Å²) in [7, 11) is 1.41. The van der Waals surface area contributed by atoms with Gasteiger partial charge in [-0.15, -0.1) is 0 Å². The molecule has 0 aromatic rings. The molecule has 0 heterocycles. The number of likely N-dealkylation sites (N-methyl/N-ethyl adjacent to an activating group) is 1. The SMILES string of the molecule is CCCCCCCCCCCCCCCCC=CCC=CCC(=O)OC[C@H](COP(=O)(O)OCC[N+](C)(C)C)OC(=O)CC=CCC=CCCCCCCCCCCCCCCCC. The number of hydrogen-bond donors (Lipinski definition) is 1. The van der Waals surface area contributed by atoms with E-state index >= 15 is 0 Å². The second-order valence-corrected chi connectivity index (χ2v) is 20.4. The van der Waals surface area contributed by atoms with Gasteiger partial charge in [-0.2, -0.15) is 0 Å². The Morgan fingerprint density at radius 2 is 0.844 bits per heavy atom. The fourth-order valence-corrected chi connectivity index (χ4v) is 8.03. The average Bonchev–Trinajstić information content (AvgIpc) is 3.25. The van der Waals surface area contributed by atoms with Crippen LogP contribution in [0, 0.1) is 0 Å². The smallest absolute Gasteiger partial charge is 0.461 e. The van der Waals surface area contributed by atoms with E-state index in [2.05, 4.69) is 38.2 Å². The van der Waals surface area contributed by atoms with E-state index in [9.17, 15) is 19.0 Å². The molecule has 0 spiro atoms. The number of ether oxygens (including phenoxy) is 2. The number of quaternary nitrogens is 1. The Balaban J connectivity index is 4.38. The van der Waals surface area contributed by atoms with Crippen molar-refractivity contribution in [2.75, 3.05) is 47.5 Å². The van der Waals surface area contributed by atoms with Crippen LogP contribution in [-0.2, 0) is 32.7 Å². The topological polar surface area (TPSA) is 108 Å². The molecule has 0 bridgehead atoms. The number of rotatable bonds is 48. The molecule has 1 unspecified atom stereocenters. The Labute approximate surface area is 394 Å². The van der Waals surface area contributed by atoms with Crippen LogP contribution in [0.4, 0.5) is 0 Å². The molecule has 10 heteroatoms. The minimum Gasteiger partial charge on any atom is -0.461 e. The predicted octanol–water partition coefficient (Wildman–Crippen LogP) is 15.8. The number of nitrogens with zero attached hydrogens (tertiary/aromatic N) is 1. The van der Waals surface area contributed by atoms with Gasteiger partial charge in [-0.1, -0.05) is 229 Å². The van der Waals surface area contributed by atoms with Gasteiger partial charge in [0.1, 0.15) is 19.8 Å². The number of carbonyl (C=O) groups excluding carboxylic acids is 2. The van der Waals surface area contributed by atoms with E-state index in [1.807, 2.05) is 33.3 Å². The van der Waals surface area contributed by atoms with E-state index in [4.69, 9.17) is 18.5 Å². The maximum absolute atomic E-state index is 12.7. The third-order valence-electron chi connectivity index (χ3n) is 11.4. The van der Waals surface area contributed by atoms with Gasteiger partial charge in [0.15, 0.2) is 6.10 Å². The monoisotopic (exact) mass is 923 g/mol. The van der Waals surface area contributed by atoms with E-state index in [-0.39, 0.29) is 26.1 Å². The van der Waals surface area contributed by atoms with Crippen molar-refractivity contribution in [1.29, 1.82) is 0 Å². The standard InChI is InChI=1S/C54H100NO8P/c1-6-8-10-12-14-16-18-20-22-24-26-28-30-32-34-36-38-40-42-44-46-53(56)60-50-52(51-62-64(58,59)61-49-48-55(3,4)5)63-54(57)47-45-43-41-39-37-35-33-31-29-27-25-23-21-19-17-15-13-11-9-7-2/h36-39,42-45,52H,6-35,40-41,46-51H2,1-5H3/p+1/t52-/m1/s1. The Hall–Kier alpha value is -2.03. The van der Waals surface area contributed by atoms with Crippen LogP contribution in [0.3, 0.4) is 0 Å². The molecule has 374 valence electrons. The molecular weight excluding hydrogens is 822 g/mol. The van der Waals surface area contributed by atoms with E-state index in [1.54, 1.807) is 12.2 Å². The van der Waals surface area contributed by atoms with Crippen molar-refractivity contribution in [3.8, 4) is 0 Å². The molecule has 0 radical (unpaired) electrons. The van der Waals surface area contributed by atoms with Gasteiger partial charge in [0, 0.05) is 0 Å². The predicted molar refractivity (Wildman–Crippen MR) is 270 cm³/mol. The number of phosphoric ester groups is 1. The Morgan fingerprint density at radius 3 is 1.23 bits per heavy atom. The summed E-state index contributed by atoms with van der Waals surface area (Å²) in [6.45, 7) is 4.29. The summed E-state index contributed by atoms with van der Waals surface area (Å²) in [5, 5.41) is 0. The van der Waals surface area contributed by atoms with Crippen LogP contribution in [-0.4, -0.2) is 74.9 Å². The number of hydrogen-bond acceptors (Lipinski definition) is 7. The first-order chi connectivity index (χ1) is 31.0. The van der Waals surface area contributed by atoms with Gasteiger partial charge < -0.3 is 18.9 Å². The molecule has 1 N–H and O–H groups in total. The normalized spacial score (nSPS) is 13.8. The molecule has 0 aromatic heterocycles. The molecule has 0 aliphatic carbocycles. The van der Waals surface area contributed by atoms with Crippen molar-refractivity contribution >= 4 is 19.8 Å². The van der Waals surface area contributed by atoms with Crippen LogP contribution < -0.4 is 0 Å². The van der Waals surface area contributed by atoms with Gasteiger partial charge in [0.25, 0.3) is 0 Å². The summed E-state index contributed by atoms with van der Waals surface area (Å²) in [6, 6.07) is 0. The Kier molecular flexibility index (Phi) is 44.6. The molecular formula is C54H101NO8P+. The lowest BCUT2D eigenvalue weighted by molar-refractivity contribution is -0.870. The number of phosphoric acid groups is 1. The van der Waals surface area contributed by atoms with Gasteiger partial charge in [-0.05, 0) is 38.5 Å². The molecule has 0 amide bonds. The van der Waals surface area contributed by atoms with E-state index < -0.39 is 32.5 Å². The molecule has 2 atom stereocenters. The first-order valence-electron chi connectivity index (χ1n) is 26.4. The minimum absolute atomic E-state index is 0.0103. The number of carbonyl (C=O) groups is 2. The maximum atomic E-state index is 12.7. The van der Waals surface area contributed by atoms with Crippen LogP contribution >= 0.6 is 7.82 Å². The quantitative estimate of drug-likeness (QED) is 0.0211. The van der Waals surface area contributed by atoms with E-state index in [0.717, 1.165) is 25.7 Å². The largest absolute Gasteiger partial charge is 0.472 e. The van der Waals surface area contributed by atoms with Crippen LogP contribution in [0.2, 0.25) is 0 Å². The van der Waals surface area contributed by atoms with Gasteiger partial charge >= 0.3 is 19.8 Å². The Morgan fingerprint density at radius 1 is 0.484 bits per heavy atom. The summed E-state index contributed by atoms with van der Waals surface area (Å²) in [6.07, 6.45) is 56.7. The van der Waals surface area contributed by atoms with Crippen molar-refractivity contribution in [3.63, 3.8) is 0 Å². The summed E-state index contributed by atoms with van der Waals surface area (Å²) in [4.78, 5) is 35.4. The summed E-state index contributed by atoms with van der Waals surface area (Å²) in [5.74, 6) is -1.04. The maximum Gasteiger partial charge on any atom is 0.472 e. The highest BCUT2D eigenvalue weighted by molar-refractivity contribution is 7.47. The molecule has 64 heavy (non-hydrogen) atoms. The minimum atomic E-state index is -4.41. The van der Waals surface area contributed by atoms with Gasteiger partial charge in [-0.25, -0.2) is 4.57 Å². The lowest BCUT2D eigenvalue weighted by Crippen LogP contribution is -2.37. The second-order valence-electron chi connectivity index (χ2n) is 18.9. The summed E-state index contributed by atoms with van der Waals surface area (Å²) in [5.41, 5.74) is 0. The highest BCUT2D eigenvalue weighted by Crippen LogP contribution is 2.43. The third-order valence-corrected chi connectivity index (χ3v) is 12.4. The third kappa shape index (κ3) is 49.4. The zero-order valence-corrected chi connectivity index (χ0v) is 43.2. The fraction of sp³-hybridized carbons (Fsp3) is 0.815. The van der Waals surface area contributed by atoms with Crippen molar-refractivity contribution in [3.05, 3.63) is 48.6 Å². The van der Waals surface area contributed by atoms with Crippen molar-refractivity contribution in [2.24, 2.45) is 0 Å². The van der Waals surface area contributed by atoms with Gasteiger partial charge in [0.2, 0.25) is 0 Å². The Bertz CT molecular complexity index is 1230. The lowest BCUT2D eigenvalue weighted by Gasteiger charge is -2.24. The molecule has 0 saturated heterocycles. The van der Waals surface area contributed by atoms with Gasteiger partial charge in [-0.3, -0.25) is 18.6 Å². The van der Waals surface area contributed by atoms with E-state index in [0.29, 0.717) is 11.0 Å². The molecule has 0 aliphatic rings. The van der Waals surface area contributed by atoms with E-state index in [1.165, 1.54) is 180 Å². The zero-order valence-electron chi connectivity index (χ0n) is 42.3. The summed E-state index contributed by atoms with van der Waals surface area (Å²) < 4.78 is 34.2. The molecule has 0 aliphatic heterocycles. The molecule has 0 fully saturated rings. The number of esters is 2. The molecule has 9 nitrogen and oxygen atoms in total. The first kappa shape index (κ1) is 62.0. The van der Waals surface area contributed by atoms with Crippen LogP contribution in [0.15, 0.2) is 48.6 Å². The van der Waals surface area contributed by atoms with Gasteiger partial charge in [0.05, 0.1) is 40.6 Å². The van der Waals surface area contributed by atoms with Crippen molar-refractivity contribution in [1.82, 2.24) is 0 Å². The lowest BCUT2D eigenvalue weighted by atomic mass is 10.0. The van der Waals surface area contributed by atoms with Crippen molar-refractivity contribution < 1.29 is 42.1 Å². The average molecular weight is 923 g/mol. The second kappa shape index (κ2) is 46.1. The molecule has 0 rings (SSSR count). The fourth-order valence-electron chi connectivity index (χ4n) is 7.29. The zero-order chi connectivity index (χ0) is 47.1. The molecule has 0 aromatic carbocycles. The highest BCUT2D eigenvalue weighted by atomic mass is 31.2.